The van der Waals surface area contributed by atoms with E-state index in [0.29, 0.717) is 19.6 Å². The van der Waals surface area contributed by atoms with Gasteiger partial charge in [-0.25, -0.2) is 8.78 Å². The number of halogens is 4. The van der Waals surface area contributed by atoms with Crippen molar-refractivity contribution in [3.63, 3.8) is 0 Å². The molecular weight excluding hydrogens is 388 g/mol. The zero-order valence-electron chi connectivity index (χ0n) is 10.3. The first-order valence-corrected chi connectivity index (χ1v) is 6.75. The van der Waals surface area contributed by atoms with Crippen LogP contribution in [0, 0.1) is 15.2 Å². The molecule has 0 radical (unpaired) electrons. The lowest BCUT2D eigenvalue weighted by atomic mass is 10.1. The maximum Gasteiger partial charge on any atom is 0.260 e. The van der Waals surface area contributed by atoms with E-state index in [2.05, 4.69) is 5.32 Å². The topological polar surface area (TPSA) is 32.3 Å². The van der Waals surface area contributed by atoms with Crippen LogP contribution in [0.25, 0.3) is 0 Å². The second kappa shape index (κ2) is 6.81. The fourth-order valence-electron chi connectivity index (χ4n) is 2.01. The van der Waals surface area contributed by atoms with Crippen molar-refractivity contribution < 1.29 is 13.6 Å². The van der Waals surface area contributed by atoms with Crippen LogP contribution in [0.1, 0.15) is 17.3 Å². The first-order valence-electron chi connectivity index (χ1n) is 5.67. The smallest absolute Gasteiger partial charge is 0.260 e. The lowest BCUT2D eigenvalue weighted by Gasteiger charge is -2.34. The van der Waals surface area contributed by atoms with E-state index in [1.807, 2.05) is 6.92 Å². The monoisotopic (exact) mass is 402 g/mol. The van der Waals surface area contributed by atoms with Crippen LogP contribution in [0.3, 0.4) is 0 Å². The van der Waals surface area contributed by atoms with E-state index >= 15 is 0 Å². The largest absolute Gasteiger partial charge is 0.333 e. The van der Waals surface area contributed by atoms with Crippen LogP contribution >= 0.6 is 35.0 Å². The van der Waals surface area contributed by atoms with E-state index in [1.54, 1.807) is 22.6 Å². The van der Waals surface area contributed by atoms with Crippen LogP contribution < -0.4 is 5.32 Å². The summed E-state index contributed by atoms with van der Waals surface area (Å²) in [6, 6.07) is 2.39. The number of carbonyl (C=O) groups is 1. The Bertz CT molecular complexity index is 487. The number of nitrogens with one attached hydrogen (secondary N) is 1. The Kier molecular flexibility index (Phi) is 5.94. The predicted octanol–water partition coefficient (Wildman–Crippen LogP) is 2.43. The molecule has 1 aliphatic rings. The van der Waals surface area contributed by atoms with Crippen molar-refractivity contribution in [2.75, 3.05) is 19.6 Å². The lowest BCUT2D eigenvalue weighted by molar-refractivity contribution is 0.0645. The summed E-state index contributed by atoms with van der Waals surface area (Å²) in [5.74, 6) is -2.15. The van der Waals surface area contributed by atoms with Gasteiger partial charge in [-0.3, -0.25) is 4.79 Å². The van der Waals surface area contributed by atoms with Crippen LogP contribution in [0.15, 0.2) is 12.1 Å². The lowest BCUT2D eigenvalue weighted by Crippen LogP contribution is -2.52. The molecule has 19 heavy (non-hydrogen) atoms. The van der Waals surface area contributed by atoms with Gasteiger partial charge < -0.3 is 10.2 Å². The molecule has 0 aromatic heterocycles. The molecule has 0 spiro atoms. The van der Waals surface area contributed by atoms with Gasteiger partial charge in [-0.2, -0.15) is 0 Å². The maximum atomic E-state index is 13.9. The molecule has 1 N–H and O–H groups in total. The summed E-state index contributed by atoms with van der Waals surface area (Å²) < 4.78 is 27.8. The molecule has 3 nitrogen and oxygen atoms in total. The summed E-state index contributed by atoms with van der Waals surface area (Å²) in [5.41, 5.74) is -0.448. The van der Waals surface area contributed by atoms with Crippen molar-refractivity contribution in [1.29, 1.82) is 0 Å². The summed E-state index contributed by atoms with van der Waals surface area (Å²) in [4.78, 5) is 13.7. The third kappa shape index (κ3) is 3.35. The number of rotatable bonds is 1. The molecule has 1 aromatic carbocycles. The Labute approximate surface area is 130 Å². The second-order valence-corrected chi connectivity index (χ2v) is 5.43. The quantitative estimate of drug-likeness (QED) is 0.578. The van der Waals surface area contributed by atoms with Crippen LogP contribution in [-0.4, -0.2) is 36.5 Å². The molecule has 1 saturated heterocycles. The fourth-order valence-corrected chi connectivity index (χ4v) is 2.46. The molecule has 1 atom stereocenters. The minimum absolute atomic E-state index is 0. The summed E-state index contributed by atoms with van der Waals surface area (Å²) in [6.45, 7) is 3.60. The van der Waals surface area contributed by atoms with E-state index in [-0.39, 0.29) is 22.0 Å². The van der Waals surface area contributed by atoms with Crippen molar-refractivity contribution >= 4 is 40.9 Å². The number of benzene rings is 1. The SMILES string of the molecule is CC1CNCCN1C(=O)c1c(F)ccc(I)c1F.Cl. The number of amides is 1. The van der Waals surface area contributed by atoms with Gasteiger partial charge in [0.1, 0.15) is 11.4 Å². The summed E-state index contributed by atoms with van der Waals surface area (Å²) in [6.07, 6.45) is 0. The molecule has 1 fully saturated rings. The van der Waals surface area contributed by atoms with Crippen LogP contribution in [0.5, 0.6) is 0 Å². The molecule has 1 aliphatic heterocycles. The zero-order chi connectivity index (χ0) is 13.3. The Morgan fingerprint density at radius 1 is 1.47 bits per heavy atom. The third-order valence-electron chi connectivity index (χ3n) is 3.02. The first kappa shape index (κ1) is 16.6. The summed E-state index contributed by atoms with van der Waals surface area (Å²) in [5, 5.41) is 3.13. The highest BCUT2D eigenvalue weighted by Crippen LogP contribution is 2.21. The first-order chi connectivity index (χ1) is 8.52. The predicted molar refractivity (Wildman–Crippen MR) is 79.7 cm³/mol. The Hall–Kier alpha value is -0.470. The van der Waals surface area contributed by atoms with Gasteiger partial charge in [-0.1, -0.05) is 0 Å². The molecule has 2 rings (SSSR count). The molecule has 1 heterocycles. The molecule has 0 saturated carbocycles. The third-order valence-corrected chi connectivity index (χ3v) is 3.85. The normalized spacial score (nSPS) is 18.9. The van der Waals surface area contributed by atoms with Gasteiger partial charge in [0.05, 0.1) is 0 Å². The number of hydrogen-bond acceptors (Lipinski definition) is 2. The molecule has 0 bridgehead atoms. The highest BCUT2D eigenvalue weighted by atomic mass is 127. The minimum atomic E-state index is -0.802. The van der Waals surface area contributed by atoms with Crippen molar-refractivity contribution in [3.05, 3.63) is 32.9 Å². The van der Waals surface area contributed by atoms with Gasteiger partial charge >= 0.3 is 0 Å². The molecule has 0 aliphatic carbocycles. The van der Waals surface area contributed by atoms with Crippen molar-refractivity contribution in [2.45, 2.75) is 13.0 Å². The Morgan fingerprint density at radius 2 is 2.16 bits per heavy atom. The van der Waals surface area contributed by atoms with Gasteiger partial charge in [-0.15, -0.1) is 12.4 Å². The van der Waals surface area contributed by atoms with E-state index in [1.165, 1.54) is 11.0 Å². The van der Waals surface area contributed by atoms with Crippen molar-refractivity contribution in [3.8, 4) is 0 Å². The highest BCUT2D eigenvalue weighted by Gasteiger charge is 2.29. The Balaban J connectivity index is 0.00000180. The highest BCUT2D eigenvalue weighted by molar-refractivity contribution is 14.1. The second-order valence-electron chi connectivity index (χ2n) is 4.27. The van der Waals surface area contributed by atoms with Crippen LogP contribution in [0.2, 0.25) is 0 Å². The molecular formula is C12H14ClF2IN2O. The van der Waals surface area contributed by atoms with Gasteiger partial charge in [0, 0.05) is 29.2 Å². The van der Waals surface area contributed by atoms with E-state index in [4.69, 9.17) is 0 Å². The van der Waals surface area contributed by atoms with Crippen LogP contribution in [-0.2, 0) is 0 Å². The Morgan fingerprint density at radius 3 is 2.79 bits per heavy atom. The van der Waals surface area contributed by atoms with Gasteiger partial charge in [0.15, 0.2) is 5.82 Å². The maximum absolute atomic E-state index is 13.9. The van der Waals surface area contributed by atoms with Gasteiger partial charge in [0.25, 0.3) is 5.91 Å². The fraction of sp³-hybridized carbons (Fsp3) is 0.417. The standard InChI is InChI=1S/C12H13F2IN2O.ClH/c1-7-6-16-4-5-17(7)12(18)10-8(13)2-3-9(15)11(10)14;/h2-3,7,16H,4-6H2,1H3;1H. The van der Waals surface area contributed by atoms with E-state index in [0.717, 1.165) is 6.07 Å². The van der Waals surface area contributed by atoms with Crippen LogP contribution in [0.4, 0.5) is 8.78 Å². The number of piperazine rings is 1. The number of nitrogens with zero attached hydrogens (tertiary/aromatic N) is 1. The molecule has 7 heteroatoms. The number of hydrogen-bond donors (Lipinski definition) is 1. The van der Waals surface area contributed by atoms with Crippen molar-refractivity contribution in [2.24, 2.45) is 0 Å². The number of carbonyl (C=O) groups excluding carboxylic acids is 1. The molecule has 1 aromatic rings. The minimum Gasteiger partial charge on any atom is -0.333 e. The van der Waals surface area contributed by atoms with E-state index < -0.39 is 23.1 Å². The summed E-state index contributed by atoms with van der Waals surface area (Å²) >= 11 is 1.75. The summed E-state index contributed by atoms with van der Waals surface area (Å²) in [7, 11) is 0. The van der Waals surface area contributed by atoms with Gasteiger partial charge in [-0.05, 0) is 41.6 Å². The average Bonchev–Trinajstić information content (AvgIpc) is 2.35. The molecule has 106 valence electrons. The van der Waals surface area contributed by atoms with E-state index in [9.17, 15) is 13.6 Å². The van der Waals surface area contributed by atoms with Crippen molar-refractivity contribution in [1.82, 2.24) is 10.2 Å². The zero-order valence-corrected chi connectivity index (χ0v) is 13.2. The molecule has 1 amide bonds. The average molecular weight is 403 g/mol. The molecule has 1 unspecified atom stereocenters. The van der Waals surface area contributed by atoms with Gasteiger partial charge in [0.2, 0.25) is 0 Å².